The first-order valence-corrected chi connectivity index (χ1v) is 18.9. The summed E-state index contributed by atoms with van der Waals surface area (Å²) in [4.78, 5) is 5.54. The Morgan fingerprint density at radius 2 is 1.40 bits per heavy atom. The van der Waals surface area contributed by atoms with Gasteiger partial charge in [0.15, 0.2) is 0 Å². The van der Waals surface area contributed by atoms with Crippen molar-refractivity contribution < 1.29 is 9.47 Å². The Balaban J connectivity index is 1.58. The Bertz CT molecular complexity index is 2040. The van der Waals surface area contributed by atoms with Crippen molar-refractivity contribution in [1.82, 2.24) is 9.55 Å². The van der Waals surface area contributed by atoms with Gasteiger partial charge in [0.2, 0.25) is 0 Å². The van der Waals surface area contributed by atoms with Crippen LogP contribution in [0.25, 0.3) is 49.7 Å². The maximum Gasteiger partial charge on any atom is 0.149 e. The lowest BCUT2D eigenvalue weighted by Gasteiger charge is -2.20. The molecule has 0 saturated heterocycles. The Morgan fingerprint density at radius 1 is 0.720 bits per heavy atom. The molecule has 1 aromatic heterocycles. The van der Waals surface area contributed by atoms with E-state index in [1.807, 2.05) is 6.07 Å². The van der Waals surface area contributed by atoms with Crippen molar-refractivity contribution in [3.05, 3.63) is 84.9 Å². The molecule has 2 atom stereocenters. The third-order valence-electron chi connectivity index (χ3n) is 10.4. The van der Waals surface area contributed by atoms with E-state index in [1.165, 1.54) is 32.1 Å². The minimum Gasteiger partial charge on any atom is -0.493 e. The van der Waals surface area contributed by atoms with Gasteiger partial charge in [-0.2, -0.15) is 0 Å². The van der Waals surface area contributed by atoms with E-state index in [4.69, 9.17) is 22.3 Å². The molecular weight excluding hydrogens is 610 g/mol. The van der Waals surface area contributed by atoms with Gasteiger partial charge in [0, 0.05) is 22.5 Å². The molecule has 0 N–H and O–H groups in total. The molecular formula is C44H51B2N2O2. The zero-order valence-electron chi connectivity index (χ0n) is 30.7. The van der Waals surface area contributed by atoms with Gasteiger partial charge in [-0.3, -0.25) is 4.57 Å². The summed E-state index contributed by atoms with van der Waals surface area (Å²) >= 11 is 0. The number of ether oxygens (including phenoxy) is 2. The Labute approximate surface area is 301 Å². The van der Waals surface area contributed by atoms with Gasteiger partial charge in [-0.25, -0.2) is 4.98 Å². The molecule has 0 saturated carbocycles. The molecule has 0 aliphatic carbocycles. The number of hydrogen-bond acceptors (Lipinski definition) is 3. The van der Waals surface area contributed by atoms with Crippen LogP contribution in [0, 0.1) is 11.8 Å². The lowest BCUT2D eigenvalue weighted by atomic mass is 9.72. The maximum absolute atomic E-state index is 6.84. The fourth-order valence-corrected chi connectivity index (χ4v) is 7.14. The monoisotopic (exact) mass is 661 g/mol. The van der Waals surface area contributed by atoms with Crippen LogP contribution >= 0.6 is 0 Å². The van der Waals surface area contributed by atoms with Crippen LogP contribution in [0.5, 0.6) is 11.5 Å². The maximum atomic E-state index is 6.84. The Kier molecular flexibility index (Phi) is 11.9. The van der Waals surface area contributed by atoms with Crippen LogP contribution in [0.2, 0.25) is 6.82 Å². The van der Waals surface area contributed by atoms with E-state index in [2.05, 4.69) is 125 Å². The summed E-state index contributed by atoms with van der Waals surface area (Å²) < 4.78 is 15.6. The molecule has 1 heterocycles. The lowest BCUT2D eigenvalue weighted by molar-refractivity contribution is 0.223. The highest BCUT2D eigenvalue weighted by atomic mass is 16.5. The van der Waals surface area contributed by atoms with Crippen LogP contribution in [-0.4, -0.2) is 37.9 Å². The summed E-state index contributed by atoms with van der Waals surface area (Å²) in [7, 11) is 8.63. The van der Waals surface area contributed by atoms with E-state index < -0.39 is 0 Å². The van der Waals surface area contributed by atoms with Gasteiger partial charge in [-0.1, -0.05) is 139 Å². The molecule has 0 aliphatic rings. The molecule has 0 amide bonds. The first-order valence-electron chi connectivity index (χ1n) is 18.9. The molecule has 5 aromatic carbocycles. The predicted octanol–water partition coefficient (Wildman–Crippen LogP) is 10.4. The number of fused-ring (bicyclic) bond motifs is 6. The van der Waals surface area contributed by atoms with Crippen molar-refractivity contribution in [2.24, 2.45) is 11.8 Å². The van der Waals surface area contributed by atoms with Gasteiger partial charge < -0.3 is 9.47 Å². The molecule has 6 rings (SSSR count). The minimum atomic E-state index is 0.485. The van der Waals surface area contributed by atoms with Crippen molar-refractivity contribution in [3.8, 4) is 28.6 Å². The number of hydrogen-bond donors (Lipinski definition) is 0. The number of benzene rings is 5. The van der Waals surface area contributed by atoms with Crippen LogP contribution < -0.4 is 20.4 Å². The molecule has 0 fully saturated rings. The van der Waals surface area contributed by atoms with E-state index in [0.717, 1.165) is 91.3 Å². The SMILES string of the molecule is [B]c1ccc2c3ccc([B]C)cc3c3nc(-c4ccc(OCC(CC)CCCC)cc4OCC(CC)CCCC)n(-c4ccccc4)c3c2c1. The molecule has 6 heteroatoms. The fraction of sp³-hybridized carbons (Fsp3) is 0.386. The second-order valence-corrected chi connectivity index (χ2v) is 13.8. The number of unbranched alkanes of at least 4 members (excludes halogenated alkanes) is 2. The zero-order valence-corrected chi connectivity index (χ0v) is 30.7. The van der Waals surface area contributed by atoms with Crippen LogP contribution in [0.4, 0.5) is 0 Å². The lowest BCUT2D eigenvalue weighted by Crippen LogP contribution is -2.13. The molecule has 255 valence electrons. The molecule has 4 nitrogen and oxygen atoms in total. The minimum absolute atomic E-state index is 0.485. The zero-order chi connectivity index (χ0) is 35.0. The van der Waals surface area contributed by atoms with Crippen molar-refractivity contribution in [1.29, 1.82) is 0 Å². The highest BCUT2D eigenvalue weighted by molar-refractivity contribution is 6.52. The van der Waals surface area contributed by atoms with Crippen molar-refractivity contribution in [2.45, 2.75) is 85.9 Å². The first-order chi connectivity index (χ1) is 24.5. The van der Waals surface area contributed by atoms with E-state index in [0.29, 0.717) is 25.0 Å². The van der Waals surface area contributed by atoms with Gasteiger partial charge in [0.05, 0.1) is 29.8 Å². The molecule has 0 aliphatic heterocycles. The average molecular weight is 662 g/mol. The first kappa shape index (κ1) is 35.6. The van der Waals surface area contributed by atoms with Crippen LogP contribution in [-0.2, 0) is 0 Å². The van der Waals surface area contributed by atoms with E-state index in [9.17, 15) is 0 Å². The van der Waals surface area contributed by atoms with Gasteiger partial charge >= 0.3 is 0 Å². The van der Waals surface area contributed by atoms with E-state index >= 15 is 0 Å². The molecule has 0 bridgehead atoms. The van der Waals surface area contributed by atoms with Crippen LogP contribution in [0.15, 0.2) is 84.9 Å². The predicted molar refractivity (Wildman–Crippen MR) is 216 cm³/mol. The highest BCUT2D eigenvalue weighted by Crippen LogP contribution is 2.42. The highest BCUT2D eigenvalue weighted by Gasteiger charge is 2.23. The van der Waals surface area contributed by atoms with E-state index in [1.54, 1.807) is 0 Å². The van der Waals surface area contributed by atoms with Gasteiger partial charge in [0.25, 0.3) is 0 Å². The second kappa shape index (κ2) is 16.7. The standard InChI is InChI=1S/C44H51B2N2O2/c1-6-10-15-30(8-3)28-49-35-21-24-38(41(27-35)50-29-31(9-4)16-11-7-2)44-47-42-39-26-33(46-5)20-23-36(39)37-22-19-32(45)25-40(37)43(42)48(44)34-17-13-12-14-18-34/h12-14,17-27,30-31H,6-11,15-16,28-29H2,1-5H3. The summed E-state index contributed by atoms with van der Waals surface area (Å²) in [6.07, 6.45) is 9.38. The summed E-state index contributed by atoms with van der Waals surface area (Å²) in [5.41, 5.74) is 5.86. The molecule has 0 spiro atoms. The third kappa shape index (κ3) is 7.60. The molecule has 6 aromatic rings. The summed E-state index contributed by atoms with van der Waals surface area (Å²) in [5, 5.41) is 4.52. The van der Waals surface area contributed by atoms with Crippen LogP contribution in [0.1, 0.15) is 79.1 Å². The van der Waals surface area contributed by atoms with Gasteiger partial charge in [-0.15, -0.1) is 0 Å². The number of imidazole rings is 1. The number of nitrogens with zero attached hydrogens (tertiary/aromatic N) is 2. The van der Waals surface area contributed by atoms with Crippen LogP contribution in [0.3, 0.4) is 0 Å². The molecule has 2 unspecified atom stereocenters. The number of para-hydroxylation sites is 1. The topological polar surface area (TPSA) is 36.3 Å². The second-order valence-electron chi connectivity index (χ2n) is 13.8. The van der Waals surface area contributed by atoms with Gasteiger partial charge in [0.1, 0.15) is 32.4 Å². The summed E-state index contributed by atoms with van der Waals surface area (Å²) in [6, 6.07) is 29.8. The van der Waals surface area contributed by atoms with E-state index in [-0.39, 0.29) is 0 Å². The normalized spacial score (nSPS) is 12.8. The molecule has 50 heavy (non-hydrogen) atoms. The summed E-state index contributed by atoms with van der Waals surface area (Å²) in [5.74, 6) is 3.51. The number of aromatic nitrogens is 2. The fourth-order valence-electron chi connectivity index (χ4n) is 7.14. The smallest absolute Gasteiger partial charge is 0.149 e. The summed E-state index contributed by atoms with van der Waals surface area (Å²) in [6.45, 7) is 12.5. The average Bonchev–Trinajstić information content (AvgIpc) is 3.56. The van der Waals surface area contributed by atoms with Gasteiger partial charge in [-0.05, 0) is 59.7 Å². The largest absolute Gasteiger partial charge is 0.493 e. The Hall–Kier alpha value is -4.18. The van der Waals surface area contributed by atoms with Crippen molar-refractivity contribution in [3.63, 3.8) is 0 Å². The Morgan fingerprint density at radius 3 is 2.08 bits per heavy atom. The molecule has 3 radical (unpaired) electrons. The quantitative estimate of drug-likeness (QED) is 0.0721. The van der Waals surface area contributed by atoms with Crippen molar-refractivity contribution >= 4 is 58.6 Å². The number of rotatable bonds is 17. The van der Waals surface area contributed by atoms with Crippen molar-refractivity contribution in [2.75, 3.05) is 13.2 Å². The third-order valence-corrected chi connectivity index (χ3v) is 10.4.